The monoisotopic (exact) mass is 522 g/mol. The highest BCUT2D eigenvalue weighted by atomic mass is 16.6. The lowest BCUT2D eigenvalue weighted by atomic mass is 9.90. The minimum absolute atomic E-state index is 0.116. The van der Waals surface area contributed by atoms with Crippen LogP contribution in [0.4, 0.5) is 4.79 Å². The fourth-order valence-electron chi connectivity index (χ4n) is 5.40. The lowest BCUT2D eigenvalue weighted by molar-refractivity contribution is -0.0401. The SMILES string of the molecule is CC1(C)Cc2ccc(C3CN(CCCCCCOCCCCc4cccc(CCN)c4)C(=O)O3)cc2CO1. The van der Waals surface area contributed by atoms with E-state index in [2.05, 4.69) is 56.3 Å². The number of hydrogen-bond acceptors (Lipinski definition) is 5. The second-order valence-electron chi connectivity index (χ2n) is 11.4. The van der Waals surface area contributed by atoms with Gasteiger partial charge in [-0.1, -0.05) is 49.2 Å². The summed E-state index contributed by atoms with van der Waals surface area (Å²) in [6.45, 7) is 8.61. The predicted molar refractivity (Wildman–Crippen MR) is 151 cm³/mol. The first-order chi connectivity index (χ1) is 18.4. The van der Waals surface area contributed by atoms with Gasteiger partial charge in [-0.15, -0.1) is 0 Å². The normalized spacial score (nSPS) is 18.4. The Labute approximate surface area is 228 Å². The van der Waals surface area contributed by atoms with Crippen LogP contribution in [0.3, 0.4) is 0 Å². The average molecular weight is 523 g/mol. The van der Waals surface area contributed by atoms with Gasteiger partial charge in [0.2, 0.25) is 0 Å². The van der Waals surface area contributed by atoms with Crippen molar-refractivity contribution in [1.29, 1.82) is 0 Å². The first-order valence-electron chi connectivity index (χ1n) is 14.5. The molecule has 6 heteroatoms. The highest BCUT2D eigenvalue weighted by Gasteiger charge is 2.33. The molecule has 4 rings (SSSR count). The van der Waals surface area contributed by atoms with Gasteiger partial charge in [-0.2, -0.15) is 0 Å². The lowest BCUT2D eigenvalue weighted by Gasteiger charge is -2.32. The van der Waals surface area contributed by atoms with Crippen LogP contribution in [0.25, 0.3) is 0 Å². The molecule has 0 spiro atoms. The zero-order valence-electron chi connectivity index (χ0n) is 23.4. The van der Waals surface area contributed by atoms with E-state index >= 15 is 0 Å². The van der Waals surface area contributed by atoms with Gasteiger partial charge in [0.15, 0.2) is 0 Å². The van der Waals surface area contributed by atoms with Crippen molar-refractivity contribution in [3.63, 3.8) is 0 Å². The molecule has 2 heterocycles. The maximum Gasteiger partial charge on any atom is 0.410 e. The third-order valence-corrected chi connectivity index (χ3v) is 7.62. The third-order valence-electron chi connectivity index (χ3n) is 7.62. The number of amides is 1. The van der Waals surface area contributed by atoms with E-state index in [0.717, 1.165) is 83.1 Å². The van der Waals surface area contributed by atoms with E-state index in [1.807, 2.05) is 4.90 Å². The van der Waals surface area contributed by atoms with E-state index in [-0.39, 0.29) is 17.8 Å². The molecule has 0 radical (unpaired) electrons. The van der Waals surface area contributed by atoms with Crippen LogP contribution in [0.1, 0.15) is 86.3 Å². The largest absolute Gasteiger partial charge is 0.439 e. The van der Waals surface area contributed by atoms with Gasteiger partial charge in [0, 0.05) is 26.2 Å². The summed E-state index contributed by atoms with van der Waals surface area (Å²) in [5.74, 6) is 0. The Morgan fingerprint density at radius 1 is 0.947 bits per heavy atom. The molecule has 6 nitrogen and oxygen atoms in total. The number of carbonyl (C=O) groups excluding carboxylic acids is 1. The van der Waals surface area contributed by atoms with E-state index in [0.29, 0.717) is 19.7 Å². The third kappa shape index (κ3) is 8.55. The molecule has 1 saturated heterocycles. The standard InChI is InChI=1S/C32H46N2O4/c1-32(2)22-28-14-13-27(21-29(28)24-37-32)30-23-34(31(35)38-30)17-6-3-4-7-18-36-19-8-5-10-25-11-9-12-26(20-25)15-16-33/h9,11-14,20-21,30H,3-8,10,15-19,22-24,33H2,1-2H3. The Kier molecular flexibility index (Phi) is 10.6. The van der Waals surface area contributed by atoms with E-state index in [9.17, 15) is 4.79 Å². The minimum Gasteiger partial charge on any atom is -0.439 e. The Morgan fingerprint density at radius 2 is 1.71 bits per heavy atom. The molecule has 2 aromatic carbocycles. The van der Waals surface area contributed by atoms with Crippen LogP contribution in [0.5, 0.6) is 0 Å². The molecule has 2 aromatic rings. The molecule has 0 aromatic heterocycles. The number of fused-ring (bicyclic) bond motifs is 1. The van der Waals surface area contributed by atoms with E-state index < -0.39 is 0 Å². The number of hydrogen-bond donors (Lipinski definition) is 1. The molecule has 2 N–H and O–H groups in total. The molecule has 1 fully saturated rings. The van der Waals surface area contributed by atoms with Crippen LogP contribution in [-0.2, 0) is 40.1 Å². The average Bonchev–Trinajstić information content (AvgIpc) is 3.27. The summed E-state index contributed by atoms with van der Waals surface area (Å²) in [5.41, 5.74) is 11.9. The Morgan fingerprint density at radius 3 is 2.53 bits per heavy atom. The smallest absolute Gasteiger partial charge is 0.410 e. The molecule has 1 unspecified atom stereocenters. The van der Waals surface area contributed by atoms with Crippen LogP contribution < -0.4 is 5.73 Å². The summed E-state index contributed by atoms with van der Waals surface area (Å²) in [7, 11) is 0. The Bertz CT molecular complexity index is 1040. The molecular formula is C32H46N2O4. The van der Waals surface area contributed by atoms with Crippen molar-refractivity contribution in [3.05, 3.63) is 70.3 Å². The van der Waals surface area contributed by atoms with Crippen LogP contribution in [0, 0.1) is 0 Å². The highest BCUT2D eigenvalue weighted by Crippen LogP contribution is 2.32. The van der Waals surface area contributed by atoms with Crippen molar-refractivity contribution >= 4 is 6.09 Å². The number of nitrogens with two attached hydrogens (primary N) is 1. The number of cyclic esters (lactones) is 1. The molecule has 1 atom stereocenters. The minimum atomic E-state index is -0.195. The molecule has 0 aliphatic carbocycles. The van der Waals surface area contributed by atoms with E-state index in [1.165, 1.54) is 22.3 Å². The van der Waals surface area contributed by atoms with Crippen LogP contribution in [-0.4, -0.2) is 49.4 Å². The van der Waals surface area contributed by atoms with Gasteiger partial charge >= 0.3 is 6.09 Å². The molecule has 2 aliphatic rings. The summed E-state index contributed by atoms with van der Waals surface area (Å²) in [4.78, 5) is 14.3. The number of benzene rings is 2. The van der Waals surface area contributed by atoms with E-state index in [4.69, 9.17) is 19.9 Å². The van der Waals surface area contributed by atoms with Gasteiger partial charge in [-0.3, -0.25) is 0 Å². The first kappa shape index (κ1) is 28.6. The number of aryl methyl sites for hydroxylation is 1. The zero-order valence-corrected chi connectivity index (χ0v) is 23.4. The highest BCUT2D eigenvalue weighted by molar-refractivity contribution is 5.70. The topological polar surface area (TPSA) is 74.0 Å². The van der Waals surface area contributed by atoms with Crippen molar-refractivity contribution < 1.29 is 19.0 Å². The Hall–Kier alpha value is -2.41. The first-order valence-corrected chi connectivity index (χ1v) is 14.5. The lowest BCUT2D eigenvalue weighted by Crippen LogP contribution is -2.31. The molecule has 0 bridgehead atoms. The van der Waals surface area contributed by atoms with E-state index in [1.54, 1.807) is 0 Å². The van der Waals surface area contributed by atoms with Crippen molar-refractivity contribution in [2.24, 2.45) is 5.73 Å². The maximum absolute atomic E-state index is 12.4. The molecule has 208 valence electrons. The van der Waals surface area contributed by atoms with Gasteiger partial charge in [0.1, 0.15) is 6.10 Å². The second-order valence-corrected chi connectivity index (χ2v) is 11.4. The summed E-state index contributed by atoms with van der Waals surface area (Å²) in [6, 6.07) is 15.2. The van der Waals surface area contributed by atoms with Crippen LogP contribution >= 0.6 is 0 Å². The van der Waals surface area contributed by atoms with Gasteiger partial charge in [-0.25, -0.2) is 4.79 Å². The summed E-state index contributed by atoms with van der Waals surface area (Å²) in [6.07, 6.45) is 9.11. The summed E-state index contributed by atoms with van der Waals surface area (Å²) in [5, 5.41) is 0. The van der Waals surface area contributed by atoms with Crippen LogP contribution in [0.2, 0.25) is 0 Å². The molecule has 2 aliphatic heterocycles. The van der Waals surface area contributed by atoms with Crippen molar-refractivity contribution in [1.82, 2.24) is 4.90 Å². The van der Waals surface area contributed by atoms with Gasteiger partial charge in [-0.05, 0) is 92.8 Å². The number of unbranched alkanes of at least 4 members (excludes halogenated alkanes) is 4. The van der Waals surface area contributed by atoms with Crippen molar-refractivity contribution in [3.8, 4) is 0 Å². The molecular weight excluding hydrogens is 476 g/mol. The number of ether oxygens (including phenoxy) is 3. The second kappa shape index (κ2) is 14.1. The molecule has 1 amide bonds. The van der Waals surface area contributed by atoms with Crippen molar-refractivity contribution in [2.45, 2.75) is 89.9 Å². The maximum atomic E-state index is 12.4. The summed E-state index contributed by atoms with van der Waals surface area (Å²) >= 11 is 0. The van der Waals surface area contributed by atoms with Gasteiger partial charge < -0.3 is 24.8 Å². The zero-order chi connectivity index (χ0) is 26.8. The number of rotatable bonds is 15. The Balaban J connectivity index is 1.03. The fourth-order valence-corrected chi connectivity index (χ4v) is 5.40. The van der Waals surface area contributed by atoms with Gasteiger partial charge in [0.25, 0.3) is 0 Å². The molecule has 0 saturated carbocycles. The quantitative estimate of drug-likeness (QED) is 0.285. The van der Waals surface area contributed by atoms with Gasteiger partial charge in [0.05, 0.1) is 18.8 Å². The molecule has 38 heavy (non-hydrogen) atoms. The van der Waals surface area contributed by atoms with Crippen LogP contribution in [0.15, 0.2) is 42.5 Å². The summed E-state index contributed by atoms with van der Waals surface area (Å²) < 4.78 is 17.5. The number of nitrogens with zero attached hydrogens (tertiary/aromatic N) is 1. The number of carbonyl (C=O) groups is 1. The predicted octanol–water partition coefficient (Wildman–Crippen LogP) is 6.13. The van der Waals surface area contributed by atoms with Crippen molar-refractivity contribution in [2.75, 3.05) is 32.8 Å². The fraction of sp³-hybridized carbons (Fsp3) is 0.594.